The summed E-state index contributed by atoms with van der Waals surface area (Å²) in [7, 11) is -1.89. The molecular weight excluding hydrogens is 312 g/mol. The lowest BCUT2D eigenvalue weighted by Gasteiger charge is -2.30. The maximum absolute atomic E-state index is 12.5. The number of ether oxygens (including phenoxy) is 1. The second kappa shape index (κ2) is 7.35. The first-order valence-corrected chi connectivity index (χ1v) is 9.18. The van der Waals surface area contributed by atoms with Gasteiger partial charge in [-0.15, -0.1) is 11.3 Å². The van der Waals surface area contributed by atoms with Gasteiger partial charge in [0.25, 0.3) is 10.0 Å². The molecule has 0 radical (unpaired) electrons. The first-order chi connectivity index (χ1) is 10.1. The van der Waals surface area contributed by atoms with Crippen molar-refractivity contribution in [2.24, 2.45) is 5.92 Å². The maximum atomic E-state index is 12.5. The van der Waals surface area contributed by atoms with E-state index < -0.39 is 10.0 Å². The third-order valence-corrected chi connectivity index (χ3v) is 6.69. The van der Waals surface area contributed by atoms with Gasteiger partial charge < -0.3 is 10.1 Å². The van der Waals surface area contributed by atoms with Crippen molar-refractivity contribution in [1.29, 1.82) is 0 Å². The monoisotopic (exact) mass is 332 g/mol. The van der Waals surface area contributed by atoms with Crippen LogP contribution in [0.4, 0.5) is 0 Å². The molecule has 8 heteroatoms. The van der Waals surface area contributed by atoms with E-state index in [-0.39, 0.29) is 18.4 Å². The summed E-state index contributed by atoms with van der Waals surface area (Å²) in [5, 5.41) is 4.52. The Morgan fingerprint density at radius 1 is 1.57 bits per heavy atom. The largest absolute Gasteiger partial charge is 0.383 e. The SMILES string of the molecule is COCCNC(=O)[C@H]1CCCN(S(=O)(=O)c2cccs2)C1. The number of carbonyl (C=O) groups is 1. The molecule has 2 rings (SSSR count). The highest BCUT2D eigenvalue weighted by molar-refractivity contribution is 7.91. The summed E-state index contributed by atoms with van der Waals surface area (Å²) in [5.74, 6) is -0.386. The number of rotatable bonds is 6. The summed E-state index contributed by atoms with van der Waals surface area (Å²) in [4.78, 5) is 12.0. The van der Waals surface area contributed by atoms with Crippen molar-refractivity contribution in [1.82, 2.24) is 9.62 Å². The molecule has 1 aromatic heterocycles. The number of carbonyl (C=O) groups excluding carboxylic acids is 1. The van der Waals surface area contributed by atoms with E-state index in [9.17, 15) is 13.2 Å². The molecule has 1 saturated heterocycles. The third kappa shape index (κ3) is 4.03. The number of sulfonamides is 1. The fourth-order valence-electron chi connectivity index (χ4n) is 2.33. The number of nitrogens with one attached hydrogen (secondary N) is 1. The van der Waals surface area contributed by atoms with Gasteiger partial charge in [0.2, 0.25) is 5.91 Å². The first-order valence-electron chi connectivity index (χ1n) is 6.86. The predicted molar refractivity (Wildman–Crippen MR) is 80.7 cm³/mol. The molecule has 0 bridgehead atoms. The summed E-state index contributed by atoms with van der Waals surface area (Å²) < 4.78 is 31.6. The van der Waals surface area contributed by atoms with Crippen LogP contribution in [0.15, 0.2) is 21.7 Å². The third-order valence-electron chi connectivity index (χ3n) is 3.45. The standard InChI is InChI=1S/C13H20N2O4S2/c1-19-8-6-14-13(16)11-4-2-7-15(10-11)21(17,18)12-5-3-9-20-12/h3,5,9,11H,2,4,6-8,10H2,1H3,(H,14,16)/t11-/m0/s1. The van der Waals surface area contributed by atoms with Crippen LogP contribution in [0.2, 0.25) is 0 Å². The fourth-order valence-corrected chi connectivity index (χ4v) is 5.00. The molecule has 1 amide bonds. The van der Waals surface area contributed by atoms with Gasteiger partial charge in [0, 0.05) is 26.7 Å². The molecular formula is C13H20N2O4S2. The number of amides is 1. The van der Waals surface area contributed by atoms with Gasteiger partial charge in [-0.05, 0) is 24.3 Å². The molecule has 0 saturated carbocycles. The van der Waals surface area contributed by atoms with E-state index in [0.717, 1.165) is 6.42 Å². The number of hydrogen-bond acceptors (Lipinski definition) is 5. The van der Waals surface area contributed by atoms with Crippen LogP contribution in [0.3, 0.4) is 0 Å². The Kier molecular flexibility index (Phi) is 5.74. The molecule has 0 unspecified atom stereocenters. The zero-order chi connectivity index (χ0) is 15.3. The minimum absolute atomic E-state index is 0.0990. The topological polar surface area (TPSA) is 75.7 Å². The number of nitrogens with zero attached hydrogens (tertiary/aromatic N) is 1. The molecule has 1 aromatic rings. The molecule has 1 aliphatic heterocycles. The van der Waals surface area contributed by atoms with Gasteiger partial charge in [-0.25, -0.2) is 8.42 Å². The molecule has 0 spiro atoms. The highest BCUT2D eigenvalue weighted by Crippen LogP contribution is 2.26. The molecule has 0 aliphatic carbocycles. The van der Waals surface area contributed by atoms with Crippen molar-refractivity contribution in [3.8, 4) is 0 Å². The smallest absolute Gasteiger partial charge is 0.252 e. The van der Waals surface area contributed by atoms with Crippen molar-refractivity contribution in [3.63, 3.8) is 0 Å². The molecule has 118 valence electrons. The summed E-state index contributed by atoms with van der Waals surface area (Å²) in [6.45, 7) is 1.63. The Hall–Kier alpha value is -0.960. The minimum Gasteiger partial charge on any atom is -0.383 e. The van der Waals surface area contributed by atoms with Gasteiger partial charge in [0.1, 0.15) is 4.21 Å². The molecule has 1 fully saturated rings. The van der Waals surface area contributed by atoms with E-state index >= 15 is 0 Å². The van der Waals surface area contributed by atoms with Gasteiger partial charge >= 0.3 is 0 Å². The average Bonchev–Trinajstić information content (AvgIpc) is 3.02. The lowest BCUT2D eigenvalue weighted by atomic mass is 9.99. The molecule has 6 nitrogen and oxygen atoms in total. The molecule has 1 N–H and O–H groups in total. The van der Waals surface area contributed by atoms with Crippen molar-refractivity contribution in [3.05, 3.63) is 17.5 Å². The van der Waals surface area contributed by atoms with Crippen LogP contribution in [-0.4, -0.2) is 52.0 Å². The van der Waals surface area contributed by atoms with Gasteiger partial charge in [0.15, 0.2) is 0 Å². The molecule has 1 aliphatic rings. The van der Waals surface area contributed by atoms with Crippen LogP contribution >= 0.6 is 11.3 Å². The number of methoxy groups -OCH3 is 1. The second-order valence-electron chi connectivity index (χ2n) is 4.92. The quantitative estimate of drug-likeness (QED) is 0.786. The van der Waals surface area contributed by atoms with E-state index in [4.69, 9.17) is 4.74 Å². The van der Waals surface area contributed by atoms with Crippen LogP contribution in [0.25, 0.3) is 0 Å². The van der Waals surface area contributed by atoms with E-state index in [2.05, 4.69) is 5.32 Å². The van der Waals surface area contributed by atoms with Crippen LogP contribution in [0, 0.1) is 5.92 Å². The van der Waals surface area contributed by atoms with Crippen LogP contribution in [-0.2, 0) is 19.6 Å². The van der Waals surface area contributed by atoms with Gasteiger partial charge in [-0.3, -0.25) is 4.79 Å². The summed E-state index contributed by atoms with van der Waals surface area (Å²) in [5.41, 5.74) is 0. The number of hydrogen-bond donors (Lipinski definition) is 1. The maximum Gasteiger partial charge on any atom is 0.252 e. The Morgan fingerprint density at radius 2 is 2.38 bits per heavy atom. The van der Waals surface area contributed by atoms with Crippen molar-refractivity contribution in [2.75, 3.05) is 33.4 Å². The predicted octanol–water partition coefficient (Wildman–Crippen LogP) is 0.911. The summed E-state index contributed by atoms with van der Waals surface area (Å²) in [6.07, 6.45) is 1.42. The highest BCUT2D eigenvalue weighted by atomic mass is 32.2. The number of thiophene rings is 1. The highest BCUT2D eigenvalue weighted by Gasteiger charge is 2.33. The number of piperidine rings is 1. The molecule has 1 atom stereocenters. The van der Waals surface area contributed by atoms with Crippen LogP contribution in [0.5, 0.6) is 0 Å². The van der Waals surface area contributed by atoms with E-state index in [1.54, 1.807) is 24.6 Å². The second-order valence-corrected chi connectivity index (χ2v) is 8.03. The summed E-state index contributed by atoms with van der Waals surface area (Å²) >= 11 is 1.20. The van der Waals surface area contributed by atoms with E-state index in [0.29, 0.717) is 30.3 Å². The first kappa shape index (κ1) is 16.4. The van der Waals surface area contributed by atoms with Crippen molar-refractivity contribution < 1.29 is 17.9 Å². The summed E-state index contributed by atoms with van der Waals surface area (Å²) in [6, 6.07) is 3.32. The Labute approximate surface area is 129 Å². The zero-order valence-corrected chi connectivity index (χ0v) is 13.6. The zero-order valence-electron chi connectivity index (χ0n) is 11.9. The Morgan fingerprint density at radius 3 is 3.05 bits per heavy atom. The van der Waals surface area contributed by atoms with Crippen LogP contribution < -0.4 is 5.32 Å². The molecule has 2 heterocycles. The molecule has 0 aromatic carbocycles. The van der Waals surface area contributed by atoms with Gasteiger partial charge in [-0.1, -0.05) is 6.07 Å². The molecule has 21 heavy (non-hydrogen) atoms. The Bertz CT molecular complexity index is 557. The minimum atomic E-state index is -3.46. The lowest BCUT2D eigenvalue weighted by molar-refractivity contribution is -0.126. The van der Waals surface area contributed by atoms with Gasteiger partial charge in [0.05, 0.1) is 12.5 Å². The average molecular weight is 332 g/mol. The Balaban J connectivity index is 1.99. The lowest BCUT2D eigenvalue weighted by Crippen LogP contribution is -2.45. The van der Waals surface area contributed by atoms with E-state index in [1.807, 2.05) is 0 Å². The van der Waals surface area contributed by atoms with E-state index in [1.165, 1.54) is 15.6 Å². The van der Waals surface area contributed by atoms with Crippen molar-refractivity contribution >= 4 is 27.3 Å². The normalized spacial score (nSPS) is 20.3. The van der Waals surface area contributed by atoms with Gasteiger partial charge in [-0.2, -0.15) is 4.31 Å². The fraction of sp³-hybridized carbons (Fsp3) is 0.615. The van der Waals surface area contributed by atoms with Crippen LogP contribution in [0.1, 0.15) is 12.8 Å². The van der Waals surface area contributed by atoms with Crippen molar-refractivity contribution in [2.45, 2.75) is 17.1 Å².